The van der Waals surface area contributed by atoms with Crippen LogP contribution in [0.1, 0.15) is 12.2 Å². The minimum atomic E-state index is -3.47. The van der Waals surface area contributed by atoms with Crippen LogP contribution in [0.3, 0.4) is 0 Å². The summed E-state index contributed by atoms with van der Waals surface area (Å²) in [5, 5.41) is 8.84. The van der Waals surface area contributed by atoms with E-state index in [0.29, 0.717) is 18.8 Å². The first-order chi connectivity index (χ1) is 11.1. The third-order valence-corrected chi connectivity index (χ3v) is 5.23. The minimum Gasteiger partial charge on any atom is -0.326 e. The van der Waals surface area contributed by atoms with Crippen molar-refractivity contribution in [1.29, 1.82) is 5.26 Å². The molecule has 0 unspecified atom stereocenters. The van der Waals surface area contributed by atoms with E-state index in [-0.39, 0.29) is 10.6 Å². The van der Waals surface area contributed by atoms with E-state index in [1.54, 1.807) is 30.3 Å². The maximum atomic E-state index is 12.6. The van der Waals surface area contributed by atoms with Gasteiger partial charge >= 0.3 is 0 Å². The molecular weight excluding hydrogens is 310 g/mol. The maximum Gasteiger partial charge on any atom is 0.185 e. The fraction of sp³-hybridized carbons (Fsp3) is 0.176. The van der Waals surface area contributed by atoms with Crippen LogP contribution in [-0.4, -0.2) is 18.0 Å². The molecule has 23 heavy (non-hydrogen) atoms. The van der Waals surface area contributed by atoms with Gasteiger partial charge in [0.1, 0.15) is 11.6 Å². The van der Waals surface area contributed by atoms with Gasteiger partial charge in [0.15, 0.2) is 9.84 Å². The van der Waals surface area contributed by atoms with Gasteiger partial charge in [0.25, 0.3) is 0 Å². The fourth-order valence-electron chi connectivity index (χ4n) is 2.53. The van der Waals surface area contributed by atoms with E-state index in [9.17, 15) is 8.42 Å². The molecule has 0 fully saturated rings. The molecule has 0 bridgehead atoms. The lowest BCUT2D eigenvalue weighted by atomic mass is 10.3. The Kier molecular flexibility index (Phi) is 4.13. The topological polar surface area (TPSA) is 75.8 Å². The zero-order valence-corrected chi connectivity index (χ0v) is 13.2. The number of nitrogens with zero attached hydrogens (tertiary/aromatic N) is 3. The Labute approximate surface area is 134 Å². The highest BCUT2D eigenvalue weighted by atomic mass is 32.2. The van der Waals surface area contributed by atoms with Crippen LogP contribution in [0.5, 0.6) is 0 Å². The van der Waals surface area contributed by atoms with Gasteiger partial charge in [-0.2, -0.15) is 5.26 Å². The molecule has 116 valence electrons. The molecule has 0 aliphatic carbocycles. The van der Waals surface area contributed by atoms with Gasteiger partial charge in [0.2, 0.25) is 0 Å². The quantitative estimate of drug-likeness (QED) is 0.723. The van der Waals surface area contributed by atoms with E-state index >= 15 is 0 Å². The summed E-state index contributed by atoms with van der Waals surface area (Å²) in [6.07, 6.45) is 0.304. The standard InChI is InChI=1S/C17H15N3O2S/c18-11-6-12-20-16-10-5-4-9-15(16)19-17(20)13-23(21,22)14-7-2-1-3-8-14/h1-5,7-10H,6,12-13H2. The highest BCUT2D eigenvalue weighted by Crippen LogP contribution is 2.21. The Morgan fingerprint density at radius 2 is 1.74 bits per heavy atom. The molecular formula is C17H15N3O2S. The molecule has 0 N–H and O–H groups in total. The van der Waals surface area contributed by atoms with Gasteiger partial charge in [-0.25, -0.2) is 13.4 Å². The normalized spacial score (nSPS) is 11.4. The van der Waals surface area contributed by atoms with Crippen molar-refractivity contribution in [3.05, 3.63) is 60.4 Å². The smallest absolute Gasteiger partial charge is 0.185 e. The first kappa shape index (κ1) is 15.3. The molecule has 0 saturated carbocycles. The first-order valence-electron chi connectivity index (χ1n) is 7.21. The SMILES string of the molecule is N#CCCn1c(CS(=O)(=O)c2ccccc2)nc2ccccc21. The summed E-state index contributed by atoms with van der Waals surface area (Å²) >= 11 is 0. The summed E-state index contributed by atoms with van der Waals surface area (Å²) in [5.41, 5.74) is 1.59. The van der Waals surface area contributed by atoms with Crippen LogP contribution in [0.4, 0.5) is 0 Å². The predicted octanol–water partition coefficient (Wildman–Crippen LogP) is 2.92. The molecule has 0 radical (unpaired) electrons. The Balaban J connectivity index is 2.04. The predicted molar refractivity (Wildman–Crippen MR) is 87.3 cm³/mol. The number of hydrogen-bond acceptors (Lipinski definition) is 4. The molecule has 6 heteroatoms. The van der Waals surface area contributed by atoms with Crippen molar-refractivity contribution < 1.29 is 8.42 Å². The Bertz CT molecular complexity index is 970. The van der Waals surface area contributed by atoms with Gasteiger partial charge in [-0.3, -0.25) is 0 Å². The monoisotopic (exact) mass is 325 g/mol. The van der Waals surface area contributed by atoms with E-state index in [4.69, 9.17) is 5.26 Å². The first-order valence-corrected chi connectivity index (χ1v) is 8.86. The Morgan fingerprint density at radius 3 is 2.48 bits per heavy atom. The van der Waals surface area contributed by atoms with Crippen molar-refractivity contribution in [1.82, 2.24) is 9.55 Å². The number of hydrogen-bond donors (Lipinski definition) is 0. The highest BCUT2D eigenvalue weighted by Gasteiger charge is 2.20. The minimum absolute atomic E-state index is 0.183. The van der Waals surface area contributed by atoms with Crippen LogP contribution >= 0.6 is 0 Å². The van der Waals surface area contributed by atoms with Gasteiger partial charge in [-0.15, -0.1) is 0 Å². The van der Waals surface area contributed by atoms with Crippen LogP contribution in [-0.2, 0) is 22.1 Å². The largest absolute Gasteiger partial charge is 0.326 e. The summed E-state index contributed by atoms with van der Waals surface area (Å²) < 4.78 is 27.0. The molecule has 5 nitrogen and oxygen atoms in total. The lowest BCUT2D eigenvalue weighted by Crippen LogP contribution is -2.11. The van der Waals surface area contributed by atoms with E-state index in [1.807, 2.05) is 28.8 Å². The van der Waals surface area contributed by atoms with Crippen molar-refractivity contribution in [3.63, 3.8) is 0 Å². The zero-order chi connectivity index (χ0) is 16.3. The van der Waals surface area contributed by atoms with Gasteiger partial charge in [0.05, 0.1) is 28.4 Å². The molecule has 0 atom stereocenters. The lowest BCUT2D eigenvalue weighted by molar-refractivity contribution is 0.590. The molecule has 0 saturated heterocycles. The molecule has 3 rings (SSSR count). The van der Waals surface area contributed by atoms with Crippen LogP contribution in [0.25, 0.3) is 11.0 Å². The fourth-order valence-corrected chi connectivity index (χ4v) is 3.83. The number of rotatable bonds is 5. The molecule has 3 aromatic rings. The molecule has 1 heterocycles. The summed E-state index contributed by atoms with van der Waals surface area (Å²) in [7, 11) is -3.47. The summed E-state index contributed by atoms with van der Waals surface area (Å²) in [6.45, 7) is 0.427. The molecule has 0 aliphatic heterocycles. The number of para-hydroxylation sites is 2. The van der Waals surface area contributed by atoms with Crippen LogP contribution in [0.2, 0.25) is 0 Å². The summed E-state index contributed by atoms with van der Waals surface area (Å²) in [5.74, 6) is 0.280. The van der Waals surface area contributed by atoms with Crippen molar-refractivity contribution in [2.45, 2.75) is 23.6 Å². The van der Waals surface area contributed by atoms with Crippen molar-refractivity contribution in [3.8, 4) is 6.07 Å². The number of nitriles is 1. The zero-order valence-electron chi connectivity index (χ0n) is 12.4. The second kappa shape index (κ2) is 6.23. The van der Waals surface area contributed by atoms with Crippen LogP contribution in [0.15, 0.2) is 59.5 Å². The van der Waals surface area contributed by atoms with Gasteiger partial charge in [0, 0.05) is 6.54 Å². The molecule has 0 amide bonds. The van der Waals surface area contributed by atoms with Crippen molar-refractivity contribution >= 4 is 20.9 Å². The number of fused-ring (bicyclic) bond motifs is 1. The van der Waals surface area contributed by atoms with E-state index < -0.39 is 9.84 Å². The highest BCUT2D eigenvalue weighted by molar-refractivity contribution is 7.90. The van der Waals surface area contributed by atoms with Gasteiger partial charge in [-0.05, 0) is 24.3 Å². The van der Waals surface area contributed by atoms with Gasteiger partial charge in [-0.1, -0.05) is 30.3 Å². The van der Waals surface area contributed by atoms with E-state index in [2.05, 4.69) is 11.1 Å². The van der Waals surface area contributed by atoms with E-state index in [0.717, 1.165) is 11.0 Å². The maximum absolute atomic E-state index is 12.6. The molecule has 1 aromatic heterocycles. The summed E-state index contributed by atoms with van der Waals surface area (Å²) in [6, 6.07) is 17.9. The van der Waals surface area contributed by atoms with Crippen LogP contribution < -0.4 is 0 Å². The average molecular weight is 325 g/mol. The average Bonchev–Trinajstić information content (AvgIpc) is 2.90. The van der Waals surface area contributed by atoms with E-state index in [1.165, 1.54) is 0 Å². The van der Waals surface area contributed by atoms with Gasteiger partial charge < -0.3 is 4.57 Å². The number of benzene rings is 2. The second-order valence-electron chi connectivity index (χ2n) is 5.15. The number of imidazole rings is 1. The molecule has 0 spiro atoms. The number of sulfone groups is 1. The molecule has 2 aromatic carbocycles. The van der Waals surface area contributed by atoms with Crippen molar-refractivity contribution in [2.24, 2.45) is 0 Å². The number of aryl methyl sites for hydroxylation is 1. The molecule has 0 aliphatic rings. The van der Waals surface area contributed by atoms with Crippen LogP contribution in [0, 0.1) is 11.3 Å². The Hall–Kier alpha value is -2.65. The second-order valence-corrected chi connectivity index (χ2v) is 7.14. The third-order valence-electron chi connectivity index (χ3n) is 3.60. The summed E-state index contributed by atoms with van der Waals surface area (Å²) in [4.78, 5) is 4.73. The lowest BCUT2D eigenvalue weighted by Gasteiger charge is -2.08. The van der Waals surface area contributed by atoms with Crippen molar-refractivity contribution in [2.75, 3.05) is 0 Å². The Morgan fingerprint density at radius 1 is 1.04 bits per heavy atom. The number of aromatic nitrogens is 2. The third kappa shape index (κ3) is 3.10.